The van der Waals surface area contributed by atoms with Gasteiger partial charge in [0.05, 0.1) is 35.9 Å². The lowest BCUT2D eigenvalue weighted by molar-refractivity contribution is -0.139. The molecular weight excluding hydrogens is 332 g/mol. The van der Waals surface area contributed by atoms with E-state index >= 15 is 0 Å². The first-order valence-electron chi connectivity index (χ1n) is 8.24. The van der Waals surface area contributed by atoms with Gasteiger partial charge >= 0.3 is 5.97 Å². The predicted octanol–water partition coefficient (Wildman–Crippen LogP) is 1.88. The summed E-state index contributed by atoms with van der Waals surface area (Å²) < 4.78 is 4.60. The normalized spacial score (nSPS) is 10.7. The Morgan fingerprint density at radius 3 is 2.77 bits per heavy atom. The number of nitrogens with two attached hydrogens (primary N) is 1. The number of rotatable bonds is 6. The van der Waals surface area contributed by atoms with Crippen molar-refractivity contribution in [2.24, 2.45) is 0 Å². The van der Waals surface area contributed by atoms with Gasteiger partial charge in [0.1, 0.15) is 5.69 Å². The number of ether oxygens (including phenoxy) is 1. The Labute approximate surface area is 150 Å². The zero-order valence-corrected chi connectivity index (χ0v) is 14.4. The molecular formula is C19H20N4O3. The summed E-state index contributed by atoms with van der Waals surface area (Å²) in [7, 11) is 1.27. The number of carbonyl (C=O) groups is 1. The lowest BCUT2D eigenvalue weighted by Gasteiger charge is -2.11. The van der Waals surface area contributed by atoms with Crippen molar-refractivity contribution in [3.63, 3.8) is 0 Å². The Morgan fingerprint density at radius 2 is 2.04 bits per heavy atom. The monoisotopic (exact) mass is 352 g/mol. The number of H-pyrrole nitrogens is 1. The maximum atomic E-state index is 12.0. The highest BCUT2D eigenvalue weighted by atomic mass is 16.5. The maximum Gasteiger partial charge on any atom is 0.311 e. The van der Waals surface area contributed by atoms with Gasteiger partial charge in [0, 0.05) is 6.54 Å². The van der Waals surface area contributed by atoms with Crippen molar-refractivity contribution in [3.05, 3.63) is 64.1 Å². The Hall–Kier alpha value is -3.35. The van der Waals surface area contributed by atoms with Crippen LogP contribution < -0.4 is 16.6 Å². The number of nitrogens with zero attached hydrogens (tertiary/aromatic N) is 1. The maximum absolute atomic E-state index is 12.0. The molecule has 3 rings (SSSR count). The van der Waals surface area contributed by atoms with E-state index in [0.29, 0.717) is 23.3 Å². The van der Waals surface area contributed by atoms with Crippen molar-refractivity contribution in [2.45, 2.75) is 12.8 Å². The summed E-state index contributed by atoms with van der Waals surface area (Å²) in [5, 5.41) is 3.29. The van der Waals surface area contributed by atoms with Gasteiger partial charge in [-0.1, -0.05) is 30.3 Å². The van der Waals surface area contributed by atoms with Crippen LogP contribution in [0.1, 0.15) is 11.3 Å². The Bertz CT molecular complexity index is 983. The molecule has 2 aromatic carbocycles. The lowest BCUT2D eigenvalue weighted by atomic mass is 10.1. The number of hydrogen-bond donors (Lipinski definition) is 3. The number of aromatic nitrogens is 2. The number of carbonyl (C=O) groups excluding carboxylic acids is 1. The second-order valence-corrected chi connectivity index (χ2v) is 5.88. The fraction of sp³-hybridized carbons (Fsp3) is 0.211. The predicted molar refractivity (Wildman–Crippen MR) is 101 cm³/mol. The average Bonchev–Trinajstić information content (AvgIpc) is 2.64. The Kier molecular flexibility index (Phi) is 5.17. The van der Waals surface area contributed by atoms with Gasteiger partial charge < -0.3 is 20.8 Å². The molecule has 7 nitrogen and oxygen atoms in total. The van der Waals surface area contributed by atoms with Gasteiger partial charge in [-0.2, -0.15) is 0 Å². The van der Waals surface area contributed by atoms with Gasteiger partial charge in [-0.25, -0.2) is 4.98 Å². The number of fused-ring (bicyclic) bond motifs is 1. The van der Waals surface area contributed by atoms with Crippen LogP contribution in [0.25, 0.3) is 11.0 Å². The number of anilines is 2. The standard InChI is InChI=1S/C19H20N4O3/c1-26-18(24)11-17-19(25)23-15-9-13(20)14(10-16(15)22-17)21-8-7-12-5-3-2-4-6-12/h2-6,9-10,21H,7-8,11,20H2,1H3,(H,23,25). The van der Waals surface area contributed by atoms with E-state index < -0.39 is 11.5 Å². The summed E-state index contributed by atoms with van der Waals surface area (Å²) in [4.78, 5) is 30.4. The van der Waals surface area contributed by atoms with E-state index in [4.69, 9.17) is 5.73 Å². The third-order valence-electron chi connectivity index (χ3n) is 4.04. The minimum absolute atomic E-state index is 0.115. The van der Waals surface area contributed by atoms with Crippen molar-refractivity contribution in [1.82, 2.24) is 9.97 Å². The molecule has 4 N–H and O–H groups in total. The largest absolute Gasteiger partial charge is 0.469 e. The quantitative estimate of drug-likeness (QED) is 0.461. The number of nitrogens with one attached hydrogen (secondary N) is 2. The van der Waals surface area contributed by atoms with E-state index in [1.54, 1.807) is 12.1 Å². The Morgan fingerprint density at radius 1 is 1.27 bits per heavy atom. The van der Waals surface area contributed by atoms with E-state index in [0.717, 1.165) is 12.1 Å². The third kappa shape index (κ3) is 4.00. The van der Waals surface area contributed by atoms with Gasteiger partial charge in [-0.3, -0.25) is 9.59 Å². The highest BCUT2D eigenvalue weighted by Gasteiger charge is 2.12. The summed E-state index contributed by atoms with van der Waals surface area (Å²) in [5.74, 6) is -0.515. The van der Waals surface area contributed by atoms with E-state index in [-0.39, 0.29) is 12.1 Å². The van der Waals surface area contributed by atoms with Crippen LogP contribution in [0.5, 0.6) is 0 Å². The first kappa shape index (κ1) is 17.5. The Balaban J connectivity index is 1.82. The molecule has 0 spiro atoms. The molecule has 0 unspecified atom stereocenters. The second-order valence-electron chi connectivity index (χ2n) is 5.88. The summed E-state index contributed by atoms with van der Waals surface area (Å²) in [6, 6.07) is 13.6. The van der Waals surface area contributed by atoms with Gasteiger partial charge in [0.2, 0.25) is 0 Å². The summed E-state index contributed by atoms with van der Waals surface area (Å²) in [5.41, 5.74) is 9.31. The smallest absolute Gasteiger partial charge is 0.311 e. The van der Waals surface area contributed by atoms with Crippen LogP contribution in [0.4, 0.5) is 11.4 Å². The van der Waals surface area contributed by atoms with Crippen LogP contribution in [0, 0.1) is 0 Å². The molecule has 0 aliphatic rings. The molecule has 7 heteroatoms. The molecule has 0 atom stereocenters. The molecule has 1 aromatic heterocycles. The molecule has 0 saturated heterocycles. The van der Waals surface area contributed by atoms with Crippen molar-refractivity contribution < 1.29 is 9.53 Å². The zero-order chi connectivity index (χ0) is 18.5. The molecule has 3 aromatic rings. The molecule has 0 aliphatic carbocycles. The van der Waals surface area contributed by atoms with Crippen molar-refractivity contribution in [1.29, 1.82) is 0 Å². The molecule has 134 valence electrons. The van der Waals surface area contributed by atoms with E-state index in [1.807, 2.05) is 18.2 Å². The number of hydrogen-bond acceptors (Lipinski definition) is 6. The molecule has 0 aliphatic heterocycles. The third-order valence-corrected chi connectivity index (χ3v) is 4.04. The average molecular weight is 352 g/mol. The number of esters is 1. The molecule has 1 heterocycles. The molecule has 0 fully saturated rings. The van der Waals surface area contributed by atoms with E-state index in [9.17, 15) is 9.59 Å². The van der Waals surface area contributed by atoms with Crippen molar-refractivity contribution in [3.8, 4) is 0 Å². The van der Waals surface area contributed by atoms with Gasteiger partial charge in [0.25, 0.3) is 5.56 Å². The molecule has 0 saturated carbocycles. The van der Waals surface area contributed by atoms with E-state index in [1.165, 1.54) is 12.7 Å². The number of nitrogen functional groups attached to an aromatic ring is 1. The van der Waals surface area contributed by atoms with Gasteiger partial charge in [0.15, 0.2) is 0 Å². The number of benzene rings is 2. The molecule has 0 amide bonds. The van der Waals surface area contributed by atoms with Crippen LogP contribution >= 0.6 is 0 Å². The van der Waals surface area contributed by atoms with Crippen molar-refractivity contribution in [2.75, 3.05) is 24.7 Å². The first-order valence-corrected chi connectivity index (χ1v) is 8.24. The van der Waals surface area contributed by atoms with Crippen LogP contribution in [0.2, 0.25) is 0 Å². The van der Waals surface area contributed by atoms with E-state index in [2.05, 4.69) is 32.2 Å². The minimum atomic E-state index is -0.515. The lowest BCUT2D eigenvalue weighted by Crippen LogP contribution is -2.19. The molecule has 0 bridgehead atoms. The summed E-state index contributed by atoms with van der Waals surface area (Å²) >= 11 is 0. The van der Waals surface area contributed by atoms with Gasteiger partial charge in [-0.05, 0) is 24.1 Å². The van der Waals surface area contributed by atoms with Crippen molar-refractivity contribution >= 4 is 28.4 Å². The van der Waals surface area contributed by atoms with Crippen LogP contribution in [0.15, 0.2) is 47.3 Å². The fourth-order valence-corrected chi connectivity index (χ4v) is 2.66. The highest BCUT2D eigenvalue weighted by molar-refractivity contribution is 5.86. The van der Waals surface area contributed by atoms with Gasteiger partial charge in [-0.15, -0.1) is 0 Å². The minimum Gasteiger partial charge on any atom is -0.469 e. The van der Waals surface area contributed by atoms with Crippen LogP contribution in [-0.4, -0.2) is 29.6 Å². The SMILES string of the molecule is COC(=O)Cc1nc2cc(NCCc3ccccc3)c(N)cc2[nH]c1=O. The van der Waals surface area contributed by atoms with Crippen LogP contribution in [-0.2, 0) is 22.4 Å². The fourth-order valence-electron chi connectivity index (χ4n) is 2.66. The molecule has 0 radical (unpaired) electrons. The molecule has 26 heavy (non-hydrogen) atoms. The highest BCUT2D eigenvalue weighted by Crippen LogP contribution is 2.23. The number of aromatic amines is 1. The summed E-state index contributed by atoms with van der Waals surface area (Å²) in [6.45, 7) is 0.706. The first-order chi connectivity index (χ1) is 12.6. The van der Waals surface area contributed by atoms with Crippen LogP contribution in [0.3, 0.4) is 0 Å². The second kappa shape index (κ2) is 7.69. The summed E-state index contributed by atoms with van der Waals surface area (Å²) in [6.07, 6.45) is 0.674. The topological polar surface area (TPSA) is 110 Å². The number of methoxy groups -OCH3 is 1. The zero-order valence-electron chi connectivity index (χ0n) is 14.4.